The molecular formula is C16H23N3. The van der Waals surface area contributed by atoms with E-state index in [1.165, 1.54) is 17.5 Å². The van der Waals surface area contributed by atoms with E-state index >= 15 is 0 Å². The minimum absolute atomic E-state index is 0.167. The standard InChI is InChI=1S/C16H23N3/c1-4-6-13-7-9-14(10-8-13)15(17-5-2)16-18-11-12-19(16)3/h7-12,15,17H,4-6H2,1-3H3. The van der Waals surface area contributed by atoms with Gasteiger partial charge in [-0.25, -0.2) is 4.98 Å². The highest BCUT2D eigenvalue weighted by molar-refractivity contribution is 5.29. The van der Waals surface area contributed by atoms with E-state index in [-0.39, 0.29) is 6.04 Å². The zero-order valence-electron chi connectivity index (χ0n) is 12.1. The average molecular weight is 257 g/mol. The molecule has 0 bridgehead atoms. The molecule has 1 N–H and O–H groups in total. The van der Waals surface area contributed by atoms with E-state index in [0.717, 1.165) is 18.8 Å². The van der Waals surface area contributed by atoms with Crippen LogP contribution in [0, 0.1) is 0 Å². The highest BCUT2D eigenvalue weighted by Crippen LogP contribution is 2.21. The molecule has 1 aromatic heterocycles. The van der Waals surface area contributed by atoms with Gasteiger partial charge in [-0.2, -0.15) is 0 Å². The first-order valence-corrected chi connectivity index (χ1v) is 7.05. The van der Waals surface area contributed by atoms with Gasteiger partial charge in [0.1, 0.15) is 5.82 Å². The van der Waals surface area contributed by atoms with Crippen LogP contribution in [0.25, 0.3) is 0 Å². The van der Waals surface area contributed by atoms with Crippen LogP contribution in [0.4, 0.5) is 0 Å². The molecule has 3 nitrogen and oxygen atoms in total. The first kappa shape index (κ1) is 13.8. The van der Waals surface area contributed by atoms with Crippen molar-refractivity contribution >= 4 is 0 Å². The van der Waals surface area contributed by atoms with Gasteiger partial charge in [-0.3, -0.25) is 0 Å². The van der Waals surface area contributed by atoms with Crippen LogP contribution in [0.15, 0.2) is 36.7 Å². The first-order valence-electron chi connectivity index (χ1n) is 7.05. The predicted octanol–water partition coefficient (Wildman–Crippen LogP) is 3.07. The lowest BCUT2D eigenvalue weighted by Crippen LogP contribution is -2.24. The maximum absolute atomic E-state index is 4.47. The van der Waals surface area contributed by atoms with Crippen LogP contribution in [0.3, 0.4) is 0 Å². The van der Waals surface area contributed by atoms with Crippen molar-refractivity contribution in [3.8, 4) is 0 Å². The van der Waals surface area contributed by atoms with Gasteiger partial charge in [0.2, 0.25) is 0 Å². The molecule has 0 aliphatic carbocycles. The van der Waals surface area contributed by atoms with E-state index in [2.05, 4.69) is 53.0 Å². The molecule has 1 atom stereocenters. The fourth-order valence-electron chi connectivity index (χ4n) is 2.38. The molecule has 1 aromatic carbocycles. The number of imidazole rings is 1. The van der Waals surface area contributed by atoms with E-state index in [4.69, 9.17) is 0 Å². The highest BCUT2D eigenvalue weighted by atomic mass is 15.1. The average Bonchev–Trinajstić information content (AvgIpc) is 2.84. The number of rotatable bonds is 6. The van der Waals surface area contributed by atoms with Crippen LogP contribution < -0.4 is 5.32 Å². The van der Waals surface area contributed by atoms with Crippen LogP contribution in [0.1, 0.15) is 43.3 Å². The summed E-state index contributed by atoms with van der Waals surface area (Å²) in [6.45, 7) is 5.26. The summed E-state index contributed by atoms with van der Waals surface area (Å²) in [5, 5.41) is 3.51. The lowest BCUT2D eigenvalue weighted by molar-refractivity contribution is 0.577. The van der Waals surface area contributed by atoms with Crippen molar-refractivity contribution in [2.45, 2.75) is 32.7 Å². The van der Waals surface area contributed by atoms with E-state index in [0.29, 0.717) is 0 Å². The summed E-state index contributed by atoms with van der Waals surface area (Å²) in [6, 6.07) is 9.05. The number of aryl methyl sites for hydroxylation is 2. The molecule has 0 aliphatic heterocycles. The Morgan fingerprint density at radius 3 is 2.47 bits per heavy atom. The molecule has 2 rings (SSSR count). The number of aromatic nitrogens is 2. The molecule has 0 spiro atoms. The maximum atomic E-state index is 4.47. The Bertz CT molecular complexity index is 499. The van der Waals surface area contributed by atoms with Crippen molar-refractivity contribution in [3.63, 3.8) is 0 Å². The van der Waals surface area contributed by atoms with Crippen molar-refractivity contribution in [2.24, 2.45) is 7.05 Å². The van der Waals surface area contributed by atoms with Crippen LogP contribution in [0.5, 0.6) is 0 Å². The summed E-state index contributed by atoms with van der Waals surface area (Å²) in [4.78, 5) is 4.47. The van der Waals surface area contributed by atoms with E-state index in [1.807, 2.05) is 19.4 Å². The van der Waals surface area contributed by atoms with Crippen LogP contribution in [-0.4, -0.2) is 16.1 Å². The Kier molecular flexibility index (Phi) is 4.74. The van der Waals surface area contributed by atoms with Gasteiger partial charge in [-0.1, -0.05) is 44.5 Å². The Hall–Kier alpha value is -1.61. The van der Waals surface area contributed by atoms with Gasteiger partial charge in [0.15, 0.2) is 0 Å². The van der Waals surface area contributed by atoms with Gasteiger partial charge < -0.3 is 9.88 Å². The normalized spacial score (nSPS) is 12.6. The highest BCUT2D eigenvalue weighted by Gasteiger charge is 2.16. The van der Waals surface area contributed by atoms with Gasteiger partial charge in [0.25, 0.3) is 0 Å². The van der Waals surface area contributed by atoms with E-state index < -0.39 is 0 Å². The molecule has 1 heterocycles. The second kappa shape index (κ2) is 6.53. The molecule has 2 aromatic rings. The second-order valence-corrected chi connectivity index (χ2v) is 4.88. The summed E-state index contributed by atoms with van der Waals surface area (Å²) in [5.41, 5.74) is 2.68. The summed E-state index contributed by atoms with van der Waals surface area (Å²) in [7, 11) is 2.04. The number of nitrogens with zero attached hydrogens (tertiary/aromatic N) is 2. The number of hydrogen-bond donors (Lipinski definition) is 1. The zero-order chi connectivity index (χ0) is 13.7. The quantitative estimate of drug-likeness (QED) is 0.862. The monoisotopic (exact) mass is 257 g/mol. The minimum atomic E-state index is 0.167. The third-order valence-corrected chi connectivity index (χ3v) is 3.38. The van der Waals surface area contributed by atoms with E-state index in [9.17, 15) is 0 Å². The van der Waals surface area contributed by atoms with Gasteiger partial charge in [-0.05, 0) is 24.1 Å². The SMILES string of the molecule is CCCc1ccc(C(NCC)c2nccn2C)cc1. The summed E-state index contributed by atoms with van der Waals surface area (Å²) >= 11 is 0. The lowest BCUT2D eigenvalue weighted by atomic mass is 10.0. The molecule has 1 unspecified atom stereocenters. The summed E-state index contributed by atoms with van der Waals surface area (Å²) < 4.78 is 2.08. The molecule has 102 valence electrons. The maximum Gasteiger partial charge on any atom is 0.130 e. The van der Waals surface area contributed by atoms with E-state index in [1.54, 1.807) is 0 Å². The minimum Gasteiger partial charge on any atom is -0.336 e. The predicted molar refractivity (Wildman–Crippen MR) is 79.2 cm³/mol. The van der Waals surface area contributed by atoms with Gasteiger partial charge in [-0.15, -0.1) is 0 Å². The van der Waals surface area contributed by atoms with Crippen molar-refractivity contribution in [1.82, 2.24) is 14.9 Å². The van der Waals surface area contributed by atoms with Crippen molar-refractivity contribution in [2.75, 3.05) is 6.54 Å². The number of nitrogens with one attached hydrogen (secondary N) is 1. The van der Waals surface area contributed by atoms with Crippen LogP contribution in [0.2, 0.25) is 0 Å². The lowest BCUT2D eigenvalue weighted by Gasteiger charge is -2.18. The van der Waals surface area contributed by atoms with Gasteiger partial charge in [0, 0.05) is 19.4 Å². The molecular weight excluding hydrogens is 234 g/mol. The fraction of sp³-hybridized carbons (Fsp3) is 0.438. The van der Waals surface area contributed by atoms with Crippen LogP contribution in [-0.2, 0) is 13.5 Å². The van der Waals surface area contributed by atoms with Crippen LogP contribution >= 0.6 is 0 Å². The number of benzene rings is 1. The summed E-state index contributed by atoms with van der Waals surface area (Å²) in [5.74, 6) is 1.06. The Labute approximate surface area is 115 Å². The molecule has 0 radical (unpaired) electrons. The Morgan fingerprint density at radius 1 is 1.21 bits per heavy atom. The van der Waals surface area contributed by atoms with Crippen molar-refractivity contribution in [1.29, 1.82) is 0 Å². The summed E-state index contributed by atoms with van der Waals surface area (Å²) in [6.07, 6.45) is 6.18. The molecule has 0 saturated carbocycles. The fourth-order valence-corrected chi connectivity index (χ4v) is 2.38. The van der Waals surface area contributed by atoms with Crippen molar-refractivity contribution < 1.29 is 0 Å². The third kappa shape index (κ3) is 3.24. The van der Waals surface area contributed by atoms with Gasteiger partial charge in [0.05, 0.1) is 6.04 Å². The molecule has 0 saturated heterocycles. The second-order valence-electron chi connectivity index (χ2n) is 4.88. The Morgan fingerprint density at radius 2 is 1.95 bits per heavy atom. The topological polar surface area (TPSA) is 29.9 Å². The molecule has 0 aliphatic rings. The number of hydrogen-bond acceptors (Lipinski definition) is 2. The molecule has 3 heteroatoms. The molecule has 19 heavy (non-hydrogen) atoms. The van der Waals surface area contributed by atoms with Crippen molar-refractivity contribution in [3.05, 3.63) is 53.6 Å². The Balaban J connectivity index is 2.26. The largest absolute Gasteiger partial charge is 0.336 e. The third-order valence-electron chi connectivity index (χ3n) is 3.38. The smallest absolute Gasteiger partial charge is 0.130 e. The zero-order valence-corrected chi connectivity index (χ0v) is 12.1. The first-order chi connectivity index (χ1) is 9.26. The molecule has 0 fully saturated rings. The van der Waals surface area contributed by atoms with Gasteiger partial charge >= 0.3 is 0 Å². The molecule has 0 amide bonds.